The molecule has 0 amide bonds. The lowest BCUT2D eigenvalue weighted by molar-refractivity contribution is -0.306. The Morgan fingerprint density at radius 2 is 1.94 bits per heavy atom. The Bertz CT molecular complexity index is 370. The van der Waals surface area contributed by atoms with Crippen molar-refractivity contribution < 1.29 is 14.6 Å². The maximum absolute atomic E-state index is 10.6. The maximum atomic E-state index is 10.6. The molecule has 3 nitrogen and oxygen atoms in total. The topological polar surface area (TPSA) is 38.7 Å². The third kappa shape index (κ3) is 2.68. The molecule has 17 heavy (non-hydrogen) atoms. The summed E-state index contributed by atoms with van der Waals surface area (Å²) < 4.78 is 11.4. The van der Waals surface area contributed by atoms with Crippen molar-refractivity contribution in [1.82, 2.24) is 0 Å². The van der Waals surface area contributed by atoms with Crippen LogP contribution in [-0.4, -0.2) is 23.6 Å². The molecule has 1 saturated heterocycles. The van der Waals surface area contributed by atoms with Crippen LogP contribution in [0, 0.1) is 0 Å². The van der Waals surface area contributed by atoms with Gasteiger partial charge in [-0.1, -0.05) is 30.3 Å². The lowest BCUT2D eigenvalue weighted by Crippen LogP contribution is -2.49. The van der Waals surface area contributed by atoms with Gasteiger partial charge in [0.1, 0.15) is 5.60 Å². The van der Waals surface area contributed by atoms with Crippen LogP contribution in [0.3, 0.4) is 0 Å². The average Bonchev–Trinajstić information content (AvgIpc) is 2.29. The van der Waals surface area contributed by atoms with Crippen LogP contribution in [-0.2, 0) is 15.1 Å². The fraction of sp³-hybridized carbons (Fsp3) is 0.571. The van der Waals surface area contributed by atoms with Gasteiger partial charge in [0, 0.05) is 0 Å². The van der Waals surface area contributed by atoms with Crippen LogP contribution in [0.25, 0.3) is 0 Å². The van der Waals surface area contributed by atoms with Crippen LogP contribution in [0.5, 0.6) is 0 Å². The number of hydrogen-bond acceptors (Lipinski definition) is 3. The van der Waals surface area contributed by atoms with Crippen molar-refractivity contribution in [1.29, 1.82) is 0 Å². The Morgan fingerprint density at radius 1 is 1.29 bits per heavy atom. The van der Waals surface area contributed by atoms with E-state index >= 15 is 0 Å². The van der Waals surface area contributed by atoms with Gasteiger partial charge in [0.2, 0.25) is 0 Å². The first kappa shape index (κ1) is 12.6. The van der Waals surface area contributed by atoms with Crippen LogP contribution in [0.1, 0.15) is 32.8 Å². The minimum Gasteiger partial charge on any atom is -0.380 e. The van der Waals surface area contributed by atoms with Crippen molar-refractivity contribution >= 4 is 0 Å². The zero-order valence-corrected chi connectivity index (χ0v) is 10.6. The summed E-state index contributed by atoms with van der Waals surface area (Å²) in [6, 6.07) is 9.49. The molecule has 94 valence electrons. The third-order valence-corrected chi connectivity index (χ3v) is 3.22. The van der Waals surface area contributed by atoms with E-state index in [9.17, 15) is 5.11 Å². The molecule has 1 fully saturated rings. The summed E-state index contributed by atoms with van der Waals surface area (Å²) in [4.78, 5) is 0. The Labute approximate surface area is 102 Å². The summed E-state index contributed by atoms with van der Waals surface area (Å²) in [5.41, 5.74) is -0.566. The molecule has 0 saturated carbocycles. The smallest absolute Gasteiger partial charge is 0.190 e. The monoisotopic (exact) mass is 236 g/mol. The zero-order valence-electron chi connectivity index (χ0n) is 10.6. The molecular formula is C14H20O3. The van der Waals surface area contributed by atoms with Gasteiger partial charge in [-0.05, 0) is 32.8 Å². The molecule has 1 heterocycles. The number of rotatable bonds is 2. The zero-order chi connectivity index (χ0) is 12.5. The highest BCUT2D eigenvalue weighted by Crippen LogP contribution is 2.34. The second kappa shape index (κ2) is 4.41. The van der Waals surface area contributed by atoms with Crippen molar-refractivity contribution in [2.45, 2.75) is 44.7 Å². The average molecular weight is 236 g/mol. The molecule has 1 aromatic carbocycles. The largest absolute Gasteiger partial charge is 0.380 e. The van der Waals surface area contributed by atoms with Crippen LogP contribution in [0.15, 0.2) is 30.3 Å². The first-order chi connectivity index (χ1) is 7.92. The van der Waals surface area contributed by atoms with Gasteiger partial charge < -0.3 is 14.6 Å². The highest BCUT2D eigenvalue weighted by Gasteiger charge is 2.41. The summed E-state index contributed by atoms with van der Waals surface area (Å²) in [7, 11) is 0. The third-order valence-electron chi connectivity index (χ3n) is 3.22. The fourth-order valence-corrected chi connectivity index (χ4v) is 1.98. The molecular weight excluding hydrogens is 216 g/mol. The van der Waals surface area contributed by atoms with E-state index in [-0.39, 0.29) is 5.60 Å². The summed E-state index contributed by atoms with van der Waals surface area (Å²) in [5, 5.41) is 10.6. The fourth-order valence-electron chi connectivity index (χ4n) is 1.98. The molecule has 0 aliphatic carbocycles. The molecule has 1 aliphatic rings. The Balaban J connectivity index is 2.21. The summed E-state index contributed by atoms with van der Waals surface area (Å²) in [5.74, 6) is 0. The second-order valence-electron chi connectivity index (χ2n) is 5.34. The summed E-state index contributed by atoms with van der Waals surface area (Å²) in [6.45, 7) is 6.38. The van der Waals surface area contributed by atoms with Crippen molar-refractivity contribution in [3.63, 3.8) is 0 Å². The standard InChI is InChI=1S/C14H20O3/c1-13(2)9-10-16-12(17-13)14(3,15)11-7-5-4-6-8-11/h4-8,12,15H,9-10H2,1-3H3/t12-,14+/m1/s1. The van der Waals surface area contributed by atoms with Crippen molar-refractivity contribution in [2.75, 3.05) is 6.61 Å². The molecule has 1 aromatic rings. The minimum absolute atomic E-state index is 0.248. The van der Waals surface area contributed by atoms with Gasteiger partial charge in [-0.2, -0.15) is 0 Å². The van der Waals surface area contributed by atoms with E-state index in [2.05, 4.69) is 0 Å². The van der Waals surface area contributed by atoms with Crippen LogP contribution in [0.2, 0.25) is 0 Å². The molecule has 0 bridgehead atoms. The normalized spacial score (nSPS) is 27.4. The molecule has 0 spiro atoms. The van der Waals surface area contributed by atoms with Crippen molar-refractivity contribution in [2.24, 2.45) is 0 Å². The van der Waals surface area contributed by atoms with Gasteiger partial charge in [0.05, 0.1) is 12.2 Å². The number of benzene rings is 1. The first-order valence-electron chi connectivity index (χ1n) is 5.99. The quantitative estimate of drug-likeness (QED) is 0.857. The summed E-state index contributed by atoms with van der Waals surface area (Å²) >= 11 is 0. The lowest BCUT2D eigenvalue weighted by Gasteiger charge is -2.42. The van der Waals surface area contributed by atoms with Gasteiger partial charge in [-0.25, -0.2) is 0 Å². The highest BCUT2D eigenvalue weighted by atomic mass is 16.7. The molecule has 0 radical (unpaired) electrons. The molecule has 3 heteroatoms. The predicted octanol–water partition coefficient (Wildman–Crippen LogP) is 2.44. The summed E-state index contributed by atoms with van der Waals surface area (Å²) in [6.07, 6.45) is 0.225. The van der Waals surface area contributed by atoms with Gasteiger partial charge in [-0.3, -0.25) is 0 Å². The first-order valence-corrected chi connectivity index (χ1v) is 5.99. The van der Waals surface area contributed by atoms with E-state index in [0.717, 1.165) is 12.0 Å². The Kier molecular flexibility index (Phi) is 3.25. The molecule has 2 rings (SSSR count). The predicted molar refractivity (Wildman–Crippen MR) is 65.5 cm³/mol. The lowest BCUT2D eigenvalue weighted by atomic mass is 9.93. The number of ether oxygens (including phenoxy) is 2. The maximum Gasteiger partial charge on any atom is 0.190 e. The van der Waals surface area contributed by atoms with E-state index in [0.29, 0.717) is 6.61 Å². The van der Waals surface area contributed by atoms with Crippen molar-refractivity contribution in [3.8, 4) is 0 Å². The van der Waals surface area contributed by atoms with E-state index in [1.165, 1.54) is 0 Å². The highest BCUT2D eigenvalue weighted by molar-refractivity contribution is 5.22. The Hall–Kier alpha value is -0.900. The number of aliphatic hydroxyl groups is 1. The van der Waals surface area contributed by atoms with E-state index in [1.807, 2.05) is 44.2 Å². The van der Waals surface area contributed by atoms with Gasteiger partial charge >= 0.3 is 0 Å². The molecule has 2 atom stereocenters. The second-order valence-corrected chi connectivity index (χ2v) is 5.34. The SMILES string of the molecule is CC1(C)CCO[C@@H]([C@@](C)(O)c2ccccc2)O1. The molecule has 1 N–H and O–H groups in total. The van der Waals surface area contributed by atoms with E-state index in [1.54, 1.807) is 6.92 Å². The van der Waals surface area contributed by atoms with E-state index < -0.39 is 11.9 Å². The van der Waals surface area contributed by atoms with Crippen LogP contribution >= 0.6 is 0 Å². The molecule has 0 aromatic heterocycles. The Morgan fingerprint density at radius 3 is 2.53 bits per heavy atom. The van der Waals surface area contributed by atoms with Crippen LogP contribution < -0.4 is 0 Å². The molecule has 1 aliphatic heterocycles. The minimum atomic E-state index is -1.13. The van der Waals surface area contributed by atoms with Crippen molar-refractivity contribution in [3.05, 3.63) is 35.9 Å². The van der Waals surface area contributed by atoms with Gasteiger partial charge in [-0.15, -0.1) is 0 Å². The number of hydrogen-bond donors (Lipinski definition) is 1. The van der Waals surface area contributed by atoms with Gasteiger partial charge in [0.15, 0.2) is 6.29 Å². The van der Waals surface area contributed by atoms with Gasteiger partial charge in [0.25, 0.3) is 0 Å². The van der Waals surface area contributed by atoms with E-state index in [4.69, 9.17) is 9.47 Å². The van der Waals surface area contributed by atoms with Crippen LogP contribution in [0.4, 0.5) is 0 Å². The molecule has 0 unspecified atom stereocenters.